The van der Waals surface area contributed by atoms with Gasteiger partial charge in [0.15, 0.2) is 0 Å². The van der Waals surface area contributed by atoms with Crippen LogP contribution < -0.4 is 10.1 Å². The van der Waals surface area contributed by atoms with Gasteiger partial charge < -0.3 is 10.1 Å². The van der Waals surface area contributed by atoms with Crippen LogP contribution in [0.25, 0.3) is 10.4 Å². The van der Waals surface area contributed by atoms with Crippen molar-refractivity contribution in [2.45, 2.75) is 6.54 Å². The van der Waals surface area contributed by atoms with E-state index in [2.05, 4.69) is 5.32 Å². The van der Waals surface area contributed by atoms with Crippen LogP contribution in [0.2, 0.25) is 5.02 Å². The molecule has 150 valence electrons. The third-order valence-corrected chi connectivity index (χ3v) is 5.92. The van der Waals surface area contributed by atoms with Crippen LogP contribution in [0.5, 0.6) is 11.5 Å². The number of carbonyl (C=O) groups is 1. The summed E-state index contributed by atoms with van der Waals surface area (Å²) in [6.07, 6.45) is 0. The molecule has 3 aromatic carbocycles. The van der Waals surface area contributed by atoms with Crippen molar-refractivity contribution in [3.05, 3.63) is 106 Å². The third-order valence-electron chi connectivity index (χ3n) is 4.43. The number of amides is 1. The minimum Gasteiger partial charge on any atom is -0.457 e. The first-order chi connectivity index (χ1) is 14.6. The van der Waals surface area contributed by atoms with E-state index in [0.29, 0.717) is 9.90 Å². The molecule has 0 saturated carbocycles. The SMILES string of the molecule is O=C(NCc1c(F)cccc1Cl)c1ccc(-c2ccc(Oc3ccccc3)cc2)s1. The number of carbonyl (C=O) groups excluding carboxylic acids is 1. The lowest BCUT2D eigenvalue weighted by Crippen LogP contribution is -2.22. The molecule has 1 aromatic heterocycles. The van der Waals surface area contributed by atoms with E-state index in [-0.39, 0.29) is 18.0 Å². The maximum atomic E-state index is 13.9. The second-order valence-corrected chi connectivity index (χ2v) is 7.98. The van der Waals surface area contributed by atoms with Crippen LogP contribution >= 0.6 is 22.9 Å². The summed E-state index contributed by atoms with van der Waals surface area (Å²) in [7, 11) is 0. The van der Waals surface area contributed by atoms with Crippen molar-refractivity contribution < 1.29 is 13.9 Å². The van der Waals surface area contributed by atoms with E-state index in [1.165, 1.54) is 23.5 Å². The Morgan fingerprint density at radius 1 is 0.900 bits per heavy atom. The number of thiophene rings is 1. The zero-order chi connectivity index (χ0) is 20.9. The molecule has 4 rings (SSSR count). The molecule has 0 atom stereocenters. The van der Waals surface area contributed by atoms with Crippen LogP contribution in [0.1, 0.15) is 15.2 Å². The van der Waals surface area contributed by atoms with Crippen molar-refractivity contribution >= 4 is 28.8 Å². The number of ether oxygens (including phenoxy) is 1. The molecule has 0 unspecified atom stereocenters. The largest absolute Gasteiger partial charge is 0.457 e. The molecule has 0 saturated heterocycles. The first-order valence-electron chi connectivity index (χ1n) is 9.24. The van der Waals surface area contributed by atoms with E-state index in [9.17, 15) is 9.18 Å². The number of hydrogen-bond donors (Lipinski definition) is 1. The van der Waals surface area contributed by atoms with Gasteiger partial charge in [-0.2, -0.15) is 0 Å². The van der Waals surface area contributed by atoms with Crippen molar-refractivity contribution in [1.29, 1.82) is 0 Å². The van der Waals surface area contributed by atoms with Gasteiger partial charge in [0, 0.05) is 22.0 Å². The molecular formula is C24H17ClFNO2S. The molecule has 6 heteroatoms. The molecular weight excluding hydrogens is 421 g/mol. The van der Waals surface area contributed by atoms with Crippen LogP contribution in [-0.2, 0) is 6.54 Å². The predicted octanol–water partition coefficient (Wildman–Crippen LogP) is 6.93. The quantitative estimate of drug-likeness (QED) is 0.355. The van der Waals surface area contributed by atoms with Crippen LogP contribution in [0, 0.1) is 5.82 Å². The van der Waals surface area contributed by atoms with E-state index >= 15 is 0 Å². The van der Waals surface area contributed by atoms with Crippen molar-refractivity contribution in [3.8, 4) is 21.9 Å². The van der Waals surface area contributed by atoms with Crippen molar-refractivity contribution in [2.75, 3.05) is 0 Å². The zero-order valence-electron chi connectivity index (χ0n) is 15.8. The molecule has 0 radical (unpaired) electrons. The highest BCUT2D eigenvalue weighted by molar-refractivity contribution is 7.17. The summed E-state index contributed by atoms with van der Waals surface area (Å²) in [6, 6.07) is 25.3. The molecule has 0 bridgehead atoms. The summed E-state index contributed by atoms with van der Waals surface area (Å²) in [5, 5.41) is 3.02. The second kappa shape index (κ2) is 9.11. The third kappa shape index (κ3) is 4.70. The fourth-order valence-electron chi connectivity index (χ4n) is 2.88. The predicted molar refractivity (Wildman–Crippen MR) is 119 cm³/mol. The molecule has 0 aliphatic carbocycles. The van der Waals surface area contributed by atoms with E-state index in [4.69, 9.17) is 16.3 Å². The Morgan fingerprint density at radius 2 is 1.63 bits per heavy atom. The molecule has 0 fully saturated rings. The Morgan fingerprint density at radius 3 is 2.37 bits per heavy atom. The van der Waals surface area contributed by atoms with Crippen LogP contribution in [-0.4, -0.2) is 5.91 Å². The minimum atomic E-state index is -0.438. The second-order valence-electron chi connectivity index (χ2n) is 6.49. The molecule has 1 N–H and O–H groups in total. The van der Waals surface area contributed by atoms with Gasteiger partial charge in [-0.1, -0.05) is 35.9 Å². The highest BCUT2D eigenvalue weighted by Gasteiger charge is 2.13. The zero-order valence-corrected chi connectivity index (χ0v) is 17.3. The Bertz CT molecular complexity index is 1140. The van der Waals surface area contributed by atoms with E-state index < -0.39 is 5.82 Å². The lowest BCUT2D eigenvalue weighted by molar-refractivity contribution is 0.0954. The fraction of sp³-hybridized carbons (Fsp3) is 0.0417. The first-order valence-corrected chi connectivity index (χ1v) is 10.4. The number of para-hydroxylation sites is 1. The molecule has 4 aromatic rings. The molecule has 0 aliphatic rings. The van der Waals surface area contributed by atoms with Crippen molar-refractivity contribution in [1.82, 2.24) is 5.32 Å². The monoisotopic (exact) mass is 437 g/mol. The summed E-state index contributed by atoms with van der Waals surface area (Å²) >= 11 is 7.38. The average Bonchev–Trinajstić information content (AvgIpc) is 3.25. The van der Waals surface area contributed by atoms with Gasteiger partial charge in [0.1, 0.15) is 17.3 Å². The maximum Gasteiger partial charge on any atom is 0.261 e. The van der Waals surface area contributed by atoms with Gasteiger partial charge in [0.05, 0.1) is 4.88 Å². The summed E-state index contributed by atoms with van der Waals surface area (Å²) < 4.78 is 19.7. The normalized spacial score (nSPS) is 10.6. The standard InChI is InChI=1S/C24H17ClFNO2S/c25-20-7-4-8-21(26)19(20)15-27-24(28)23-14-13-22(30-23)16-9-11-18(12-10-16)29-17-5-2-1-3-6-17/h1-14H,15H2,(H,27,28). The van der Waals surface area contributed by atoms with Gasteiger partial charge in [-0.25, -0.2) is 4.39 Å². The molecule has 1 heterocycles. The maximum absolute atomic E-state index is 13.9. The van der Waals surface area contributed by atoms with Crippen molar-refractivity contribution in [2.24, 2.45) is 0 Å². The van der Waals surface area contributed by atoms with Crippen LogP contribution in [0.15, 0.2) is 84.9 Å². The Balaban J connectivity index is 1.41. The Kier molecular flexibility index (Phi) is 6.12. The molecule has 30 heavy (non-hydrogen) atoms. The van der Waals surface area contributed by atoms with Gasteiger partial charge in [-0.15, -0.1) is 11.3 Å². The number of hydrogen-bond acceptors (Lipinski definition) is 3. The highest BCUT2D eigenvalue weighted by atomic mass is 35.5. The molecule has 0 aliphatic heterocycles. The molecule has 0 spiro atoms. The smallest absolute Gasteiger partial charge is 0.261 e. The molecule has 1 amide bonds. The number of nitrogens with one attached hydrogen (secondary N) is 1. The van der Waals surface area contributed by atoms with Gasteiger partial charge in [0.25, 0.3) is 5.91 Å². The minimum absolute atomic E-state index is 0.0308. The summed E-state index contributed by atoms with van der Waals surface area (Å²) in [6.45, 7) is 0.0308. The van der Waals surface area contributed by atoms with Crippen LogP contribution in [0.4, 0.5) is 4.39 Å². The average molecular weight is 438 g/mol. The summed E-state index contributed by atoms with van der Waals surface area (Å²) in [5.74, 6) is 0.804. The van der Waals surface area contributed by atoms with E-state index in [1.807, 2.05) is 60.7 Å². The van der Waals surface area contributed by atoms with E-state index in [0.717, 1.165) is 21.9 Å². The van der Waals surface area contributed by atoms with Gasteiger partial charge in [0.2, 0.25) is 0 Å². The van der Waals surface area contributed by atoms with E-state index in [1.54, 1.807) is 12.1 Å². The number of rotatable bonds is 6. The lowest BCUT2D eigenvalue weighted by Gasteiger charge is -2.07. The summed E-state index contributed by atoms with van der Waals surface area (Å²) in [5.41, 5.74) is 1.26. The van der Waals surface area contributed by atoms with Gasteiger partial charge >= 0.3 is 0 Å². The van der Waals surface area contributed by atoms with Crippen molar-refractivity contribution in [3.63, 3.8) is 0 Å². The number of halogens is 2. The topological polar surface area (TPSA) is 38.3 Å². The van der Waals surface area contributed by atoms with Gasteiger partial charge in [-0.3, -0.25) is 4.79 Å². The molecule has 3 nitrogen and oxygen atoms in total. The highest BCUT2D eigenvalue weighted by Crippen LogP contribution is 2.31. The van der Waals surface area contributed by atoms with Crippen LogP contribution in [0.3, 0.4) is 0 Å². The summed E-state index contributed by atoms with van der Waals surface area (Å²) in [4.78, 5) is 14.0. The van der Waals surface area contributed by atoms with Gasteiger partial charge in [-0.05, 0) is 66.2 Å². The first kappa shape index (κ1) is 20.1. The Hall–Kier alpha value is -3.15. The number of benzene rings is 3. The Labute approximate surface area is 182 Å². The lowest BCUT2D eigenvalue weighted by atomic mass is 10.2. The fourth-order valence-corrected chi connectivity index (χ4v) is 4.04.